The van der Waals surface area contributed by atoms with Crippen molar-refractivity contribution in [2.24, 2.45) is 0 Å². The number of esters is 1. The Balaban J connectivity index is 2.02. The van der Waals surface area contributed by atoms with Crippen LogP contribution in [-0.2, 0) is 11.3 Å². The molecule has 0 fully saturated rings. The molecule has 0 bridgehead atoms. The van der Waals surface area contributed by atoms with Crippen LogP contribution in [0.5, 0.6) is 5.75 Å². The maximum Gasteiger partial charge on any atom is 0.357 e. The maximum absolute atomic E-state index is 11.3. The molecule has 0 radical (unpaired) electrons. The summed E-state index contributed by atoms with van der Waals surface area (Å²) in [5.41, 5.74) is 1.34. The summed E-state index contributed by atoms with van der Waals surface area (Å²) in [6.45, 7) is 0.581. The van der Waals surface area contributed by atoms with Gasteiger partial charge in [-0.2, -0.15) is 0 Å². The van der Waals surface area contributed by atoms with Gasteiger partial charge in [-0.25, -0.2) is 9.78 Å². The van der Waals surface area contributed by atoms with Gasteiger partial charge < -0.3 is 14.8 Å². The predicted molar refractivity (Wildman–Crippen MR) is 73.8 cm³/mol. The van der Waals surface area contributed by atoms with Crippen molar-refractivity contribution in [2.75, 3.05) is 19.5 Å². The fourth-order valence-electron chi connectivity index (χ4n) is 1.57. The zero-order valence-electron chi connectivity index (χ0n) is 10.7. The number of nitrogens with one attached hydrogen (secondary N) is 1. The van der Waals surface area contributed by atoms with Gasteiger partial charge in [0.2, 0.25) is 0 Å². The molecule has 0 amide bonds. The summed E-state index contributed by atoms with van der Waals surface area (Å²) in [6, 6.07) is 7.74. The highest BCUT2D eigenvalue weighted by atomic mass is 32.1. The van der Waals surface area contributed by atoms with Crippen LogP contribution in [-0.4, -0.2) is 25.2 Å². The molecule has 0 saturated heterocycles. The summed E-state index contributed by atoms with van der Waals surface area (Å²) in [4.78, 5) is 15.4. The second-order valence-corrected chi connectivity index (χ2v) is 4.55. The summed E-state index contributed by atoms with van der Waals surface area (Å²) < 4.78 is 9.87. The number of thiazole rings is 1. The number of aromatic nitrogens is 1. The number of carbonyl (C=O) groups excluding carboxylic acids is 1. The topological polar surface area (TPSA) is 60.5 Å². The standard InChI is InChI=1S/C13H14N2O3S/c1-17-11-6-4-3-5-9(11)7-14-13-15-10(8-19-13)12(16)18-2/h3-6,8H,7H2,1-2H3,(H,14,15). The van der Waals surface area contributed by atoms with Gasteiger partial charge in [0, 0.05) is 17.5 Å². The first-order valence-corrected chi connectivity index (χ1v) is 6.52. The van der Waals surface area contributed by atoms with Crippen molar-refractivity contribution in [2.45, 2.75) is 6.54 Å². The van der Waals surface area contributed by atoms with E-state index in [1.54, 1.807) is 12.5 Å². The van der Waals surface area contributed by atoms with Crippen LogP contribution in [0, 0.1) is 0 Å². The van der Waals surface area contributed by atoms with Gasteiger partial charge in [0.25, 0.3) is 0 Å². The molecule has 0 spiro atoms. The Kier molecular flexibility index (Phi) is 4.35. The molecule has 0 aliphatic carbocycles. The first kappa shape index (κ1) is 13.4. The Bertz CT molecular complexity index is 569. The maximum atomic E-state index is 11.3. The Morgan fingerprint density at radius 3 is 2.89 bits per heavy atom. The van der Waals surface area contributed by atoms with Crippen molar-refractivity contribution in [1.82, 2.24) is 4.98 Å². The van der Waals surface area contributed by atoms with E-state index >= 15 is 0 Å². The molecule has 19 heavy (non-hydrogen) atoms. The fraction of sp³-hybridized carbons (Fsp3) is 0.231. The SMILES string of the molecule is COC(=O)c1csc(NCc2ccccc2OC)n1. The van der Waals surface area contributed by atoms with E-state index in [9.17, 15) is 4.79 Å². The summed E-state index contributed by atoms with van der Waals surface area (Å²) in [5, 5.41) is 5.49. The third-order valence-corrected chi connectivity index (χ3v) is 3.32. The largest absolute Gasteiger partial charge is 0.496 e. The van der Waals surface area contributed by atoms with E-state index in [-0.39, 0.29) is 0 Å². The Morgan fingerprint density at radius 1 is 1.37 bits per heavy atom. The van der Waals surface area contributed by atoms with Crippen molar-refractivity contribution in [3.63, 3.8) is 0 Å². The number of carbonyl (C=O) groups is 1. The van der Waals surface area contributed by atoms with Crippen LogP contribution < -0.4 is 10.1 Å². The van der Waals surface area contributed by atoms with Gasteiger partial charge in [0.15, 0.2) is 10.8 Å². The molecule has 1 N–H and O–H groups in total. The van der Waals surface area contributed by atoms with Crippen LogP contribution in [0.15, 0.2) is 29.6 Å². The number of benzene rings is 1. The third kappa shape index (κ3) is 3.23. The Morgan fingerprint density at radius 2 is 2.16 bits per heavy atom. The fourth-order valence-corrected chi connectivity index (χ4v) is 2.25. The molecule has 1 aromatic carbocycles. The predicted octanol–water partition coefficient (Wildman–Crippen LogP) is 2.55. The van der Waals surface area contributed by atoms with E-state index in [0.29, 0.717) is 17.4 Å². The van der Waals surface area contributed by atoms with E-state index in [1.165, 1.54) is 18.4 Å². The number of para-hydroxylation sites is 1. The molecule has 0 aliphatic heterocycles. The molecule has 0 aliphatic rings. The number of rotatable bonds is 5. The lowest BCUT2D eigenvalue weighted by Gasteiger charge is -2.08. The summed E-state index contributed by atoms with van der Waals surface area (Å²) in [7, 11) is 2.97. The van der Waals surface area contributed by atoms with Gasteiger partial charge in [0.05, 0.1) is 14.2 Å². The minimum Gasteiger partial charge on any atom is -0.496 e. The monoisotopic (exact) mass is 278 g/mol. The molecule has 100 valence electrons. The number of ether oxygens (including phenoxy) is 2. The first-order chi connectivity index (χ1) is 9.24. The summed E-state index contributed by atoms with van der Waals surface area (Å²) in [5.74, 6) is 0.390. The van der Waals surface area contributed by atoms with Crippen LogP contribution in [0.2, 0.25) is 0 Å². The highest BCUT2D eigenvalue weighted by Gasteiger charge is 2.10. The molecule has 2 aromatic rings. The van der Waals surface area contributed by atoms with Gasteiger partial charge >= 0.3 is 5.97 Å². The molecular formula is C13H14N2O3S. The molecule has 6 heteroatoms. The van der Waals surface area contributed by atoms with Gasteiger partial charge in [-0.1, -0.05) is 18.2 Å². The van der Waals surface area contributed by atoms with Gasteiger partial charge in [0.1, 0.15) is 5.75 Å². The first-order valence-electron chi connectivity index (χ1n) is 5.64. The minimum absolute atomic E-state index is 0.315. The highest BCUT2D eigenvalue weighted by Crippen LogP contribution is 2.21. The molecule has 1 aromatic heterocycles. The molecule has 0 saturated carbocycles. The van der Waals surface area contributed by atoms with Crippen LogP contribution in [0.4, 0.5) is 5.13 Å². The van der Waals surface area contributed by atoms with Gasteiger partial charge in [-0.15, -0.1) is 11.3 Å². The molecule has 2 rings (SSSR count). The van der Waals surface area contributed by atoms with Gasteiger partial charge in [-0.05, 0) is 6.07 Å². The smallest absolute Gasteiger partial charge is 0.357 e. The lowest BCUT2D eigenvalue weighted by atomic mass is 10.2. The molecule has 1 heterocycles. The number of hydrogen-bond donors (Lipinski definition) is 1. The van der Waals surface area contributed by atoms with Crippen molar-refractivity contribution in [1.29, 1.82) is 0 Å². The normalized spacial score (nSPS) is 10.0. The second kappa shape index (κ2) is 6.19. The number of hydrogen-bond acceptors (Lipinski definition) is 6. The van der Waals surface area contributed by atoms with Crippen LogP contribution in [0.1, 0.15) is 16.1 Å². The molecule has 5 nitrogen and oxygen atoms in total. The quantitative estimate of drug-likeness (QED) is 0.852. The lowest BCUT2D eigenvalue weighted by Crippen LogP contribution is -2.04. The van der Waals surface area contributed by atoms with Crippen molar-refractivity contribution < 1.29 is 14.3 Å². The van der Waals surface area contributed by atoms with Crippen molar-refractivity contribution in [3.05, 3.63) is 40.9 Å². The number of methoxy groups -OCH3 is 2. The van der Waals surface area contributed by atoms with Gasteiger partial charge in [-0.3, -0.25) is 0 Å². The van der Waals surface area contributed by atoms with Crippen molar-refractivity contribution in [3.8, 4) is 5.75 Å². The average Bonchev–Trinajstić information content (AvgIpc) is 2.93. The second-order valence-electron chi connectivity index (χ2n) is 3.69. The number of nitrogens with zero attached hydrogens (tertiary/aromatic N) is 1. The van der Waals surface area contributed by atoms with E-state index in [0.717, 1.165) is 11.3 Å². The van der Waals surface area contributed by atoms with Crippen LogP contribution in [0.25, 0.3) is 0 Å². The minimum atomic E-state index is -0.429. The zero-order valence-corrected chi connectivity index (χ0v) is 11.5. The van der Waals surface area contributed by atoms with E-state index in [1.807, 2.05) is 24.3 Å². The van der Waals surface area contributed by atoms with E-state index in [4.69, 9.17) is 4.74 Å². The molecular weight excluding hydrogens is 264 g/mol. The Hall–Kier alpha value is -2.08. The number of anilines is 1. The van der Waals surface area contributed by atoms with E-state index in [2.05, 4.69) is 15.0 Å². The Labute approximate surface area is 115 Å². The lowest BCUT2D eigenvalue weighted by molar-refractivity contribution is 0.0595. The highest BCUT2D eigenvalue weighted by molar-refractivity contribution is 7.13. The third-order valence-electron chi connectivity index (χ3n) is 2.52. The zero-order chi connectivity index (χ0) is 13.7. The molecule has 0 unspecified atom stereocenters. The summed E-state index contributed by atoms with van der Waals surface area (Å²) in [6.07, 6.45) is 0. The van der Waals surface area contributed by atoms with E-state index < -0.39 is 5.97 Å². The average molecular weight is 278 g/mol. The summed E-state index contributed by atoms with van der Waals surface area (Å²) >= 11 is 1.36. The van der Waals surface area contributed by atoms with Crippen LogP contribution >= 0.6 is 11.3 Å². The molecule has 0 atom stereocenters. The van der Waals surface area contributed by atoms with Crippen LogP contribution in [0.3, 0.4) is 0 Å². The van der Waals surface area contributed by atoms with Crippen molar-refractivity contribution >= 4 is 22.4 Å².